The van der Waals surface area contributed by atoms with Crippen LogP contribution in [0.5, 0.6) is 11.5 Å². The van der Waals surface area contributed by atoms with Crippen LogP contribution in [0.2, 0.25) is 5.02 Å². The molecule has 152 valence electrons. The summed E-state index contributed by atoms with van der Waals surface area (Å²) in [6, 6.07) is 21.0. The molecule has 4 nitrogen and oxygen atoms in total. The van der Waals surface area contributed by atoms with E-state index in [-0.39, 0.29) is 0 Å². The first-order chi connectivity index (χ1) is 14.1. The first kappa shape index (κ1) is 21.7. The molecule has 6 heteroatoms. The third kappa shape index (κ3) is 6.21. The molecule has 29 heavy (non-hydrogen) atoms. The Kier molecular flexibility index (Phi) is 7.95. The molecule has 0 aromatic heterocycles. The van der Waals surface area contributed by atoms with Gasteiger partial charge in [-0.25, -0.2) is 0 Å². The molecule has 2 N–H and O–H groups in total. The van der Waals surface area contributed by atoms with E-state index in [1.165, 1.54) is 0 Å². The first-order valence-electron chi connectivity index (χ1n) is 9.24. The van der Waals surface area contributed by atoms with Crippen molar-refractivity contribution >= 4 is 27.5 Å². The van der Waals surface area contributed by atoms with Gasteiger partial charge in [-0.05, 0) is 41.0 Å². The predicted molar refractivity (Wildman–Crippen MR) is 120 cm³/mol. The Morgan fingerprint density at radius 3 is 2.55 bits per heavy atom. The molecular weight excluding hydrogens is 454 g/mol. The molecule has 3 aromatic rings. The van der Waals surface area contributed by atoms with Gasteiger partial charge >= 0.3 is 0 Å². The molecule has 3 aromatic carbocycles. The Balaban J connectivity index is 1.61. The van der Waals surface area contributed by atoms with E-state index in [9.17, 15) is 5.11 Å². The molecule has 0 heterocycles. The fourth-order valence-electron chi connectivity index (χ4n) is 2.91. The smallest absolute Gasteiger partial charge is 0.162 e. The summed E-state index contributed by atoms with van der Waals surface area (Å²) in [5, 5.41) is 14.2. The molecule has 0 fully saturated rings. The molecule has 0 aliphatic heterocycles. The van der Waals surface area contributed by atoms with Crippen LogP contribution >= 0.6 is 27.5 Å². The van der Waals surface area contributed by atoms with Crippen LogP contribution in [0.15, 0.2) is 71.2 Å². The standard InChI is InChI=1S/C23H23BrClNO3/c1-28-22-11-18(13-26-14-21(27)17-7-3-2-4-8-17)20(24)12-23(22)29-15-16-6-5-9-19(25)10-16/h2-12,21,26-27H,13-15H2,1H3. The summed E-state index contributed by atoms with van der Waals surface area (Å²) in [5.41, 5.74) is 2.88. The lowest BCUT2D eigenvalue weighted by Crippen LogP contribution is -2.21. The van der Waals surface area contributed by atoms with E-state index in [1.807, 2.05) is 66.7 Å². The summed E-state index contributed by atoms with van der Waals surface area (Å²) in [6.07, 6.45) is -0.558. The normalized spacial score (nSPS) is 11.9. The quantitative estimate of drug-likeness (QED) is 0.427. The van der Waals surface area contributed by atoms with Gasteiger partial charge in [0.1, 0.15) is 6.61 Å². The van der Waals surface area contributed by atoms with E-state index >= 15 is 0 Å². The minimum absolute atomic E-state index is 0.393. The van der Waals surface area contributed by atoms with Gasteiger partial charge in [0.15, 0.2) is 11.5 Å². The van der Waals surface area contributed by atoms with Crippen molar-refractivity contribution in [2.45, 2.75) is 19.3 Å². The zero-order valence-electron chi connectivity index (χ0n) is 16.1. The van der Waals surface area contributed by atoms with Gasteiger partial charge in [0.2, 0.25) is 0 Å². The molecule has 0 bridgehead atoms. The number of nitrogens with one attached hydrogen (secondary N) is 1. The fraction of sp³-hybridized carbons (Fsp3) is 0.217. The van der Waals surface area contributed by atoms with E-state index in [0.717, 1.165) is 21.2 Å². The van der Waals surface area contributed by atoms with Crippen molar-refractivity contribution in [3.63, 3.8) is 0 Å². The summed E-state index contributed by atoms with van der Waals surface area (Å²) in [6.45, 7) is 1.42. The third-order valence-electron chi connectivity index (χ3n) is 4.45. The molecule has 0 amide bonds. The number of rotatable bonds is 9. The van der Waals surface area contributed by atoms with Crippen molar-refractivity contribution in [1.82, 2.24) is 5.32 Å². The lowest BCUT2D eigenvalue weighted by Gasteiger charge is -2.16. The van der Waals surface area contributed by atoms with Gasteiger partial charge in [0.25, 0.3) is 0 Å². The monoisotopic (exact) mass is 475 g/mol. The average molecular weight is 477 g/mol. The number of halogens is 2. The second-order valence-electron chi connectivity index (χ2n) is 6.57. The molecular formula is C23H23BrClNO3. The number of aliphatic hydroxyl groups excluding tert-OH is 1. The summed E-state index contributed by atoms with van der Waals surface area (Å²) in [5.74, 6) is 1.29. The SMILES string of the molecule is COc1cc(CNCC(O)c2ccccc2)c(Br)cc1OCc1cccc(Cl)c1. The Bertz CT molecular complexity index is 937. The van der Waals surface area contributed by atoms with E-state index < -0.39 is 6.10 Å². The highest BCUT2D eigenvalue weighted by atomic mass is 79.9. The lowest BCUT2D eigenvalue weighted by atomic mass is 10.1. The summed E-state index contributed by atoms with van der Waals surface area (Å²) in [4.78, 5) is 0. The topological polar surface area (TPSA) is 50.7 Å². The van der Waals surface area contributed by atoms with Gasteiger partial charge in [-0.15, -0.1) is 0 Å². The number of aliphatic hydroxyl groups is 1. The van der Waals surface area contributed by atoms with Crippen molar-refractivity contribution in [2.24, 2.45) is 0 Å². The van der Waals surface area contributed by atoms with Gasteiger partial charge in [-0.3, -0.25) is 0 Å². The molecule has 0 saturated carbocycles. The maximum atomic E-state index is 10.3. The second kappa shape index (κ2) is 10.6. The second-order valence-corrected chi connectivity index (χ2v) is 7.86. The van der Waals surface area contributed by atoms with E-state index in [4.69, 9.17) is 21.1 Å². The van der Waals surface area contributed by atoms with Crippen LogP contribution in [0.1, 0.15) is 22.8 Å². The first-order valence-corrected chi connectivity index (χ1v) is 10.4. The largest absolute Gasteiger partial charge is 0.493 e. The Morgan fingerprint density at radius 1 is 1.03 bits per heavy atom. The molecule has 0 spiro atoms. The highest BCUT2D eigenvalue weighted by Gasteiger charge is 2.12. The van der Waals surface area contributed by atoms with Gasteiger partial charge in [-0.1, -0.05) is 70.0 Å². The van der Waals surface area contributed by atoms with Crippen LogP contribution in [0, 0.1) is 0 Å². The molecule has 0 radical (unpaired) electrons. The zero-order chi connectivity index (χ0) is 20.6. The number of benzene rings is 3. The average Bonchev–Trinajstić information content (AvgIpc) is 2.74. The van der Waals surface area contributed by atoms with Crippen LogP contribution in [-0.4, -0.2) is 18.8 Å². The van der Waals surface area contributed by atoms with Crippen LogP contribution in [0.3, 0.4) is 0 Å². The van der Waals surface area contributed by atoms with Gasteiger partial charge < -0.3 is 19.9 Å². The highest BCUT2D eigenvalue weighted by Crippen LogP contribution is 2.34. The number of ether oxygens (including phenoxy) is 2. The predicted octanol–water partition coefficient (Wildman–Crippen LogP) is 5.51. The number of methoxy groups -OCH3 is 1. The van der Waals surface area contributed by atoms with Crippen molar-refractivity contribution in [1.29, 1.82) is 0 Å². The zero-order valence-corrected chi connectivity index (χ0v) is 18.4. The maximum absolute atomic E-state index is 10.3. The highest BCUT2D eigenvalue weighted by molar-refractivity contribution is 9.10. The van der Waals surface area contributed by atoms with Crippen LogP contribution < -0.4 is 14.8 Å². The van der Waals surface area contributed by atoms with Crippen molar-refractivity contribution in [2.75, 3.05) is 13.7 Å². The maximum Gasteiger partial charge on any atom is 0.162 e. The van der Waals surface area contributed by atoms with Gasteiger partial charge in [0.05, 0.1) is 13.2 Å². The van der Waals surface area contributed by atoms with Crippen molar-refractivity contribution < 1.29 is 14.6 Å². The number of hydrogen-bond donors (Lipinski definition) is 2. The Hall–Kier alpha value is -2.05. The Labute approximate surface area is 184 Å². The van der Waals surface area contributed by atoms with Crippen molar-refractivity contribution in [3.8, 4) is 11.5 Å². The van der Waals surface area contributed by atoms with E-state index in [0.29, 0.717) is 36.2 Å². The lowest BCUT2D eigenvalue weighted by molar-refractivity contribution is 0.174. The van der Waals surface area contributed by atoms with Gasteiger partial charge in [-0.2, -0.15) is 0 Å². The third-order valence-corrected chi connectivity index (χ3v) is 5.43. The van der Waals surface area contributed by atoms with Gasteiger partial charge in [0, 0.05) is 22.6 Å². The summed E-state index contributed by atoms with van der Waals surface area (Å²) >= 11 is 9.63. The summed E-state index contributed by atoms with van der Waals surface area (Å²) < 4.78 is 12.3. The minimum Gasteiger partial charge on any atom is -0.493 e. The van der Waals surface area contributed by atoms with E-state index in [1.54, 1.807) is 7.11 Å². The molecule has 3 rings (SSSR count). The van der Waals surface area contributed by atoms with Crippen molar-refractivity contribution in [3.05, 3.63) is 92.9 Å². The fourth-order valence-corrected chi connectivity index (χ4v) is 3.58. The number of hydrogen-bond acceptors (Lipinski definition) is 4. The minimum atomic E-state index is -0.558. The van der Waals surface area contributed by atoms with Crippen LogP contribution in [0.4, 0.5) is 0 Å². The molecule has 1 unspecified atom stereocenters. The molecule has 1 atom stereocenters. The van der Waals surface area contributed by atoms with Crippen LogP contribution in [0.25, 0.3) is 0 Å². The Morgan fingerprint density at radius 2 is 1.83 bits per heavy atom. The van der Waals surface area contributed by atoms with E-state index in [2.05, 4.69) is 21.2 Å². The van der Waals surface area contributed by atoms with Crippen LogP contribution in [-0.2, 0) is 13.2 Å². The molecule has 0 aliphatic carbocycles. The molecule has 0 saturated heterocycles. The molecule has 0 aliphatic rings. The summed E-state index contributed by atoms with van der Waals surface area (Å²) in [7, 11) is 1.62.